The van der Waals surface area contributed by atoms with Crippen molar-refractivity contribution in [1.82, 2.24) is 9.55 Å². The van der Waals surface area contributed by atoms with Crippen LogP contribution in [0.15, 0.2) is 71.5 Å². The maximum absolute atomic E-state index is 12.4. The molecule has 0 amide bonds. The third-order valence-electron chi connectivity index (χ3n) is 6.86. The minimum absolute atomic E-state index is 0.0437. The molecule has 0 atom stereocenters. The highest BCUT2D eigenvalue weighted by Crippen LogP contribution is 2.28. The number of aromatic nitrogens is 2. The first-order valence-electron chi connectivity index (χ1n) is 11.9. The number of piperidine rings is 1. The van der Waals surface area contributed by atoms with E-state index in [1.54, 1.807) is 10.6 Å². The Bertz CT molecular complexity index is 1440. The van der Waals surface area contributed by atoms with E-state index in [-0.39, 0.29) is 5.56 Å². The van der Waals surface area contributed by atoms with Crippen LogP contribution in [0.1, 0.15) is 35.5 Å². The van der Waals surface area contributed by atoms with Gasteiger partial charge in [0.25, 0.3) is 5.56 Å². The molecule has 1 aliphatic heterocycles. The zero-order valence-corrected chi connectivity index (χ0v) is 19.7. The molecule has 4 aromatic rings. The van der Waals surface area contributed by atoms with Crippen LogP contribution in [0.5, 0.6) is 0 Å². The molecule has 3 aromatic carbocycles. The van der Waals surface area contributed by atoms with E-state index in [2.05, 4.69) is 46.3 Å². The van der Waals surface area contributed by atoms with Gasteiger partial charge in [0.05, 0.1) is 17.3 Å². The zero-order valence-electron chi connectivity index (χ0n) is 19.7. The maximum atomic E-state index is 12.4. The van der Waals surface area contributed by atoms with E-state index >= 15 is 0 Å². The Labute approximate surface area is 199 Å². The number of nitriles is 1. The van der Waals surface area contributed by atoms with Crippen molar-refractivity contribution < 1.29 is 0 Å². The first kappa shape index (κ1) is 21.9. The van der Waals surface area contributed by atoms with E-state index in [0.29, 0.717) is 17.3 Å². The number of rotatable bonds is 4. The van der Waals surface area contributed by atoms with E-state index in [4.69, 9.17) is 5.26 Å². The van der Waals surface area contributed by atoms with Crippen LogP contribution in [0.4, 0.5) is 5.69 Å². The zero-order chi connectivity index (χ0) is 23.7. The minimum atomic E-state index is -0.0437. The highest BCUT2D eigenvalue weighted by atomic mass is 16.1. The highest BCUT2D eigenvalue weighted by Gasteiger charge is 2.20. The molecule has 5 nitrogen and oxygen atoms in total. The van der Waals surface area contributed by atoms with Gasteiger partial charge in [0.15, 0.2) is 0 Å². The molecule has 0 saturated carbocycles. The van der Waals surface area contributed by atoms with Gasteiger partial charge in [-0.2, -0.15) is 5.26 Å². The SMILES string of the molecule is Cc1cc(=O)n(-c2ccc(N3CCC(Cc4ccc5cc(C#N)ccc5c4)CC3)cc2)c(C)n1. The molecule has 0 spiro atoms. The number of fused-ring (bicyclic) bond motifs is 1. The van der Waals surface area contributed by atoms with E-state index < -0.39 is 0 Å². The van der Waals surface area contributed by atoms with Crippen molar-refractivity contribution in [3.63, 3.8) is 0 Å². The topological polar surface area (TPSA) is 61.9 Å². The fraction of sp³-hybridized carbons (Fsp3) is 0.276. The van der Waals surface area contributed by atoms with Crippen molar-refractivity contribution in [2.24, 2.45) is 5.92 Å². The Kier molecular flexibility index (Phi) is 5.90. The van der Waals surface area contributed by atoms with E-state index in [9.17, 15) is 4.79 Å². The molecule has 1 saturated heterocycles. The number of hydrogen-bond donors (Lipinski definition) is 0. The van der Waals surface area contributed by atoms with Crippen LogP contribution in [0.3, 0.4) is 0 Å². The van der Waals surface area contributed by atoms with E-state index in [1.807, 2.05) is 44.2 Å². The monoisotopic (exact) mass is 448 g/mol. The van der Waals surface area contributed by atoms with Gasteiger partial charge >= 0.3 is 0 Å². The molecule has 170 valence electrons. The molecule has 1 aliphatic rings. The van der Waals surface area contributed by atoms with Crippen LogP contribution in [0, 0.1) is 31.1 Å². The molecule has 34 heavy (non-hydrogen) atoms. The Morgan fingerprint density at radius 3 is 2.29 bits per heavy atom. The second kappa shape index (κ2) is 9.15. The van der Waals surface area contributed by atoms with Crippen LogP contribution < -0.4 is 10.5 Å². The summed E-state index contributed by atoms with van der Waals surface area (Å²) < 4.78 is 1.66. The fourth-order valence-electron chi connectivity index (χ4n) is 5.09. The van der Waals surface area contributed by atoms with Gasteiger partial charge < -0.3 is 4.90 Å². The van der Waals surface area contributed by atoms with Crippen LogP contribution in [-0.4, -0.2) is 22.6 Å². The van der Waals surface area contributed by atoms with E-state index in [0.717, 1.165) is 49.1 Å². The second-order valence-corrected chi connectivity index (χ2v) is 9.28. The first-order chi connectivity index (χ1) is 16.5. The van der Waals surface area contributed by atoms with Crippen molar-refractivity contribution in [2.75, 3.05) is 18.0 Å². The fourth-order valence-corrected chi connectivity index (χ4v) is 5.09. The summed E-state index contributed by atoms with van der Waals surface area (Å²) >= 11 is 0. The lowest BCUT2D eigenvalue weighted by atomic mass is 9.89. The summed E-state index contributed by atoms with van der Waals surface area (Å²) in [4.78, 5) is 19.3. The molecule has 1 fully saturated rings. The smallest absolute Gasteiger partial charge is 0.258 e. The third kappa shape index (κ3) is 4.45. The largest absolute Gasteiger partial charge is 0.372 e. The summed E-state index contributed by atoms with van der Waals surface area (Å²) in [5, 5.41) is 11.4. The van der Waals surface area contributed by atoms with Crippen molar-refractivity contribution >= 4 is 16.5 Å². The van der Waals surface area contributed by atoms with Crippen molar-refractivity contribution in [2.45, 2.75) is 33.1 Å². The molecule has 0 aliphatic carbocycles. The lowest BCUT2D eigenvalue weighted by Gasteiger charge is -2.34. The summed E-state index contributed by atoms with van der Waals surface area (Å²) in [5.41, 5.74) is 4.83. The van der Waals surface area contributed by atoms with Crippen molar-refractivity contribution in [3.8, 4) is 11.8 Å². The van der Waals surface area contributed by atoms with Gasteiger partial charge in [0.1, 0.15) is 5.82 Å². The highest BCUT2D eigenvalue weighted by molar-refractivity contribution is 5.84. The minimum Gasteiger partial charge on any atom is -0.372 e. The summed E-state index contributed by atoms with van der Waals surface area (Å²) in [6.07, 6.45) is 3.41. The molecule has 1 aromatic heterocycles. The molecular formula is C29H28N4O. The molecule has 0 unspecified atom stereocenters. The average molecular weight is 449 g/mol. The predicted octanol–water partition coefficient (Wildman–Crippen LogP) is 5.33. The Balaban J connectivity index is 1.23. The standard InChI is InChI=1S/C29H28N4O/c1-20-15-29(34)33(21(2)31-20)28-9-7-27(8-10-28)32-13-11-22(12-14-32)16-23-3-5-26-18-24(19-30)4-6-25(26)17-23/h3-10,15,17-18,22H,11-14,16H2,1-2H3. The summed E-state index contributed by atoms with van der Waals surface area (Å²) in [6.45, 7) is 5.78. The number of aryl methyl sites for hydroxylation is 2. The molecular weight excluding hydrogens is 420 g/mol. The maximum Gasteiger partial charge on any atom is 0.258 e. The molecule has 0 N–H and O–H groups in total. The third-order valence-corrected chi connectivity index (χ3v) is 6.86. The Hall–Kier alpha value is -3.91. The molecule has 2 heterocycles. The quantitative estimate of drug-likeness (QED) is 0.423. The average Bonchev–Trinajstić information content (AvgIpc) is 2.84. The Morgan fingerprint density at radius 2 is 1.59 bits per heavy atom. The van der Waals surface area contributed by atoms with Gasteiger partial charge in [0.2, 0.25) is 0 Å². The van der Waals surface area contributed by atoms with Crippen LogP contribution in [0.25, 0.3) is 16.5 Å². The molecule has 0 bridgehead atoms. The number of hydrogen-bond acceptors (Lipinski definition) is 4. The van der Waals surface area contributed by atoms with Gasteiger partial charge in [-0.25, -0.2) is 4.98 Å². The predicted molar refractivity (Wildman–Crippen MR) is 137 cm³/mol. The summed E-state index contributed by atoms with van der Waals surface area (Å²) in [5.74, 6) is 1.38. The van der Waals surface area contributed by atoms with Crippen LogP contribution in [0.2, 0.25) is 0 Å². The van der Waals surface area contributed by atoms with Crippen LogP contribution in [-0.2, 0) is 6.42 Å². The normalized spacial score (nSPS) is 14.3. The number of nitrogens with zero attached hydrogens (tertiary/aromatic N) is 4. The van der Waals surface area contributed by atoms with Crippen molar-refractivity contribution in [1.29, 1.82) is 5.26 Å². The van der Waals surface area contributed by atoms with Gasteiger partial charge in [-0.1, -0.05) is 24.3 Å². The van der Waals surface area contributed by atoms with Crippen LogP contribution >= 0.6 is 0 Å². The van der Waals surface area contributed by atoms with Crippen molar-refractivity contribution in [3.05, 3.63) is 99.7 Å². The lowest BCUT2D eigenvalue weighted by Crippen LogP contribution is -2.34. The first-order valence-corrected chi connectivity index (χ1v) is 11.9. The second-order valence-electron chi connectivity index (χ2n) is 9.28. The number of benzene rings is 3. The molecule has 5 heteroatoms. The summed E-state index contributed by atoms with van der Waals surface area (Å²) in [7, 11) is 0. The van der Waals surface area contributed by atoms with E-state index in [1.165, 1.54) is 16.6 Å². The van der Waals surface area contributed by atoms with Gasteiger partial charge in [-0.15, -0.1) is 0 Å². The van der Waals surface area contributed by atoms with Gasteiger partial charge in [0, 0.05) is 30.5 Å². The van der Waals surface area contributed by atoms with Gasteiger partial charge in [-0.05, 0) is 91.8 Å². The summed E-state index contributed by atoms with van der Waals surface area (Å²) in [6, 6.07) is 24.5. The molecule has 5 rings (SSSR count). The Morgan fingerprint density at radius 1 is 0.912 bits per heavy atom. The lowest BCUT2D eigenvalue weighted by molar-refractivity contribution is 0.404. The number of anilines is 1. The van der Waals surface area contributed by atoms with Gasteiger partial charge in [-0.3, -0.25) is 9.36 Å². The molecule has 0 radical (unpaired) electrons.